The van der Waals surface area contributed by atoms with Crippen LogP contribution in [-0.4, -0.2) is 9.13 Å². The molecule has 4 aromatic heterocycles. The number of nitrogens with zero attached hydrogens (tertiary/aromatic N) is 2. The molecular formula is C48H28N2O2. The minimum Gasteiger partial charge on any atom is -0.456 e. The summed E-state index contributed by atoms with van der Waals surface area (Å²) in [6.45, 7) is 0. The summed E-state index contributed by atoms with van der Waals surface area (Å²) in [6, 6.07) is 60.5. The van der Waals surface area contributed by atoms with Gasteiger partial charge in [0.1, 0.15) is 22.3 Å². The fraction of sp³-hybridized carbons (Fsp3) is 0. The van der Waals surface area contributed by atoms with Crippen LogP contribution in [-0.2, 0) is 0 Å². The Morgan fingerprint density at radius 2 is 0.962 bits per heavy atom. The predicted molar refractivity (Wildman–Crippen MR) is 215 cm³/mol. The van der Waals surface area contributed by atoms with E-state index in [4.69, 9.17) is 8.83 Å². The molecule has 52 heavy (non-hydrogen) atoms. The molecule has 12 aromatic rings. The molecule has 0 aliphatic heterocycles. The van der Waals surface area contributed by atoms with Gasteiger partial charge in [0.15, 0.2) is 0 Å². The average Bonchev–Trinajstić information content (AvgIpc) is 3.95. The SMILES string of the molecule is c1ccc(-n2c3ccccc3c3cc(-c4ccc5oc6cccc(-n7c8ccccc8c8c9oc%10ccccc%10c9ccc87)c6c5c4)ccc32)cc1. The molecule has 4 heterocycles. The maximum atomic E-state index is 6.58. The lowest BCUT2D eigenvalue weighted by atomic mass is 10.00. The highest BCUT2D eigenvalue weighted by atomic mass is 16.3. The van der Waals surface area contributed by atoms with Gasteiger partial charge in [-0.1, -0.05) is 91.0 Å². The molecule has 0 atom stereocenters. The third-order valence-electron chi connectivity index (χ3n) is 10.9. The number of hydrogen-bond donors (Lipinski definition) is 0. The monoisotopic (exact) mass is 664 g/mol. The average molecular weight is 665 g/mol. The van der Waals surface area contributed by atoms with Gasteiger partial charge >= 0.3 is 0 Å². The van der Waals surface area contributed by atoms with Crippen molar-refractivity contribution in [3.63, 3.8) is 0 Å². The van der Waals surface area contributed by atoms with Crippen LogP contribution in [0.15, 0.2) is 179 Å². The van der Waals surface area contributed by atoms with Gasteiger partial charge in [-0.15, -0.1) is 0 Å². The Balaban J connectivity index is 1.10. The van der Waals surface area contributed by atoms with E-state index >= 15 is 0 Å². The molecule has 0 spiro atoms. The van der Waals surface area contributed by atoms with Crippen LogP contribution in [0.4, 0.5) is 0 Å². The first-order valence-electron chi connectivity index (χ1n) is 17.7. The maximum absolute atomic E-state index is 6.58. The molecule has 0 radical (unpaired) electrons. The van der Waals surface area contributed by atoms with E-state index in [2.05, 4.69) is 173 Å². The highest BCUT2D eigenvalue weighted by molar-refractivity contribution is 6.24. The lowest BCUT2D eigenvalue weighted by Gasteiger charge is -2.10. The van der Waals surface area contributed by atoms with Crippen molar-refractivity contribution in [2.24, 2.45) is 0 Å². The fourth-order valence-corrected chi connectivity index (χ4v) is 8.68. The van der Waals surface area contributed by atoms with E-state index in [1.165, 1.54) is 27.4 Å². The van der Waals surface area contributed by atoms with Crippen molar-refractivity contribution in [2.75, 3.05) is 0 Å². The second-order valence-electron chi connectivity index (χ2n) is 13.7. The Morgan fingerprint density at radius 1 is 0.327 bits per heavy atom. The van der Waals surface area contributed by atoms with Crippen LogP contribution in [0.5, 0.6) is 0 Å². The molecule has 0 amide bonds. The molecule has 12 rings (SSSR count). The molecule has 4 nitrogen and oxygen atoms in total. The van der Waals surface area contributed by atoms with Crippen LogP contribution in [0.3, 0.4) is 0 Å². The molecule has 4 heteroatoms. The van der Waals surface area contributed by atoms with Crippen LogP contribution in [0.2, 0.25) is 0 Å². The molecule has 0 saturated heterocycles. The zero-order valence-electron chi connectivity index (χ0n) is 27.9. The van der Waals surface area contributed by atoms with E-state index in [1.807, 2.05) is 6.07 Å². The van der Waals surface area contributed by atoms with Gasteiger partial charge in [-0.25, -0.2) is 0 Å². The van der Waals surface area contributed by atoms with Crippen molar-refractivity contribution >= 4 is 87.5 Å². The van der Waals surface area contributed by atoms with Crippen molar-refractivity contribution in [1.29, 1.82) is 0 Å². The lowest BCUT2D eigenvalue weighted by molar-refractivity contribution is 0.669. The predicted octanol–water partition coefficient (Wildman–Crippen LogP) is 13.3. The van der Waals surface area contributed by atoms with Gasteiger partial charge in [0.05, 0.1) is 38.5 Å². The summed E-state index contributed by atoms with van der Waals surface area (Å²) in [5.74, 6) is 0. The first kappa shape index (κ1) is 27.7. The highest BCUT2D eigenvalue weighted by Gasteiger charge is 2.22. The van der Waals surface area contributed by atoms with E-state index in [0.29, 0.717) is 0 Å². The van der Waals surface area contributed by atoms with Gasteiger partial charge in [0.25, 0.3) is 0 Å². The molecule has 0 aliphatic carbocycles. The van der Waals surface area contributed by atoms with Crippen LogP contribution >= 0.6 is 0 Å². The quantitative estimate of drug-likeness (QED) is 0.188. The first-order chi connectivity index (χ1) is 25.8. The minimum atomic E-state index is 0.863. The fourth-order valence-electron chi connectivity index (χ4n) is 8.68. The van der Waals surface area contributed by atoms with E-state index in [-0.39, 0.29) is 0 Å². The number of benzene rings is 8. The van der Waals surface area contributed by atoms with Crippen molar-refractivity contribution in [2.45, 2.75) is 0 Å². The smallest absolute Gasteiger partial charge is 0.145 e. The molecule has 8 aromatic carbocycles. The summed E-state index contributed by atoms with van der Waals surface area (Å²) in [7, 11) is 0. The second-order valence-corrected chi connectivity index (χ2v) is 13.7. The topological polar surface area (TPSA) is 36.1 Å². The third kappa shape index (κ3) is 3.70. The molecule has 0 saturated carbocycles. The second kappa shape index (κ2) is 10.3. The van der Waals surface area contributed by atoms with Gasteiger partial charge in [-0.2, -0.15) is 0 Å². The molecule has 0 bridgehead atoms. The summed E-state index contributed by atoms with van der Waals surface area (Å²) in [4.78, 5) is 0. The Labute approximate surface area is 296 Å². The van der Waals surface area contributed by atoms with Gasteiger partial charge in [0.2, 0.25) is 0 Å². The summed E-state index contributed by atoms with van der Waals surface area (Å²) in [5, 5.41) is 9.20. The maximum Gasteiger partial charge on any atom is 0.145 e. The number of hydrogen-bond acceptors (Lipinski definition) is 2. The van der Waals surface area contributed by atoms with Crippen LogP contribution in [0.25, 0.3) is 110 Å². The van der Waals surface area contributed by atoms with Crippen LogP contribution in [0, 0.1) is 0 Å². The standard InChI is InChI=1S/C48H28N2O2/c1-2-11-31(12-3-1)49-38-16-7-4-13-32(38)36-27-29(21-24-40(36)49)30-22-26-44-37(28-30)46-41(18-10-20-45(46)51-44)50-39-17-8-5-15-35(39)47-42(50)25-23-34-33-14-6-9-19-43(33)52-48(34)47/h1-28H. The summed E-state index contributed by atoms with van der Waals surface area (Å²) in [5.41, 5.74) is 12.7. The Bertz CT molecular complexity index is 3410. The lowest BCUT2D eigenvalue weighted by Crippen LogP contribution is -1.94. The van der Waals surface area contributed by atoms with E-state index < -0.39 is 0 Å². The van der Waals surface area contributed by atoms with Crippen molar-refractivity contribution in [3.8, 4) is 22.5 Å². The van der Waals surface area contributed by atoms with Gasteiger partial charge in [0, 0.05) is 38.0 Å². The molecular weight excluding hydrogens is 637 g/mol. The summed E-state index contributed by atoms with van der Waals surface area (Å²) >= 11 is 0. The van der Waals surface area contributed by atoms with Crippen LogP contribution < -0.4 is 0 Å². The molecule has 0 aliphatic rings. The van der Waals surface area contributed by atoms with E-state index in [9.17, 15) is 0 Å². The highest BCUT2D eigenvalue weighted by Crippen LogP contribution is 2.44. The number of furan rings is 2. The zero-order valence-corrected chi connectivity index (χ0v) is 27.9. The van der Waals surface area contributed by atoms with Gasteiger partial charge in [-0.05, 0) is 90.0 Å². The third-order valence-corrected chi connectivity index (χ3v) is 10.9. The van der Waals surface area contributed by atoms with Gasteiger partial charge < -0.3 is 18.0 Å². The first-order valence-corrected chi connectivity index (χ1v) is 17.7. The molecule has 0 N–H and O–H groups in total. The van der Waals surface area contributed by atoms with E-state index in [0.717, 1.165) is 82.6 Å². The van der Waals surface area contributed by atoms with Crippen molar-refractivity contribution in [1.82, 2.24) is 9.13 Å². The Morgan fingerprint density at radius 3 is 1.83 bits per heavy atom. The largest absolute Gasteiger partial charge is 0.456 e. The minimum absolute atomic E-state index is 0.863. The number of para-hydroxylation sites is 4. The van der Waals surface area contributed by atoms with E-state index in [1.54, 1.807) is 0 Å². The van der Waals surface area contributed by atoms with Crippen LogP contribution in [0.1, 0.15) is 0 Å². The number of aromatic nitrogens is 2. The number of rotatable bonds is 3. The molecule has 242 valence electrons. The summed E-state index contributed by atoms with van der Waals surface area (Å²) < 4.78 is 17.9. The molecule has 0 fully saturated rings. The van der Waals surface area contributed by atoms with Crippen molar-refractivity contribution < 1.29 is 8.83 Å². The number of fused-ring (bicyclic) bond motifs is 13. The summed E-state index contributed by atoms with van der Waals surface area (Å²) in [6.07, 6.45) is 0. The van der Waals surface area contributed by atoms with Gasteiger partial charge in [-0.3, -0.25) is 0 Å². The zero-order chi connectivity index (χ0) is 33.9. The Hall–Kier alpha value is -7.04. The van der Waals surface area contributed by atoms with Crippen molar-refractivity contribution in [3.05, 3.63) is 170 Å². The Kier molecular flexibility index (Phi) is 5.47. The normalized spacial score (nSPS) is 12.2. The molecule has 0 unspecified atom stereocenters.